The van der Waals surface area contributed by atoms with Gasteiger partial charge in [0, 0.05) is 46.3 Å². The summed E-state index contributed by atoms with van der Waals surface area (Å²) in [6.45, 7) is 5.64. The number of ether oxygens (including phenoxy) is 1. The van der Waals surface area contributed by atoms with Crippen LogP contribution in [0.3, 0.4) is 0 Å². The fraction of sp³-hybridized carbons (Fsp3) is 0.882. The molecule has 1 rings (SSSR count). The third-order valence-corrected chi connectivity index (χ3v) is 4.06. The Morgan fingerprint density at radius 2 is 1.83 bits per heavy atom. The zero-order valence-electron chi connectivity index (χ0n) is 15.2. The Hall–Kier alpha value is -0.570. The molecule has 1 aliphatic rings. The van der Waals surface area contributed by atoms with Crippen LogP contribution in [0.15, 0.2) is 4.99 Å². The molecule has 7 heteroatoms. The van der Waals surface area contributed by atoms with E-state index in [1.807, 2.05) is 6.92 Å². The zero-order chi connectivity index (χ0) is 16.8. The Morgan fingerprint density at radius 3 is 2.50 bits per heavy atom. The van der Waals surface area contributed by atoms with Gasteiger partial charge in [-0.25, -0.2) is 0 Å². The van der Waals surface area contributed by atoms with Crippen LogP contribution in [-0.2, 0) is 9.53 Å². The van der Waals surface area contributed by atoms with Crippen molar-refractivity contribution in [2.24, 2.45) is 10.9 Å². The first kappa shape index (κ1) is 23.4. The minimum atomic E-state index is 0. The molecule has 0 bridgehead atoms. The van der Waals surface area contributed by atoms with Crippen LogP contribution in [0, 0.1) is 5.92 Å². The normalized spacial score (nSPS) is 15.5. The number of halogens is 1. The van der Waals surface area contributed by atoms with E-state index in [9.17, 15) is 4.79 Å². The molecular weight excluding hydrogens is 419 g/mol. The van der Waals surface area contributed by atoms with E-state index in [2.05, 4.69) is 20.9 Å². The predicted octanol–water partition coefficient (Wildman–Crippen LogP) is 2.28. The van der Waals surface area contributed by atoms with Crippen molar-refractivity contribution in [1.82, 2.24) is 16.0 Å². The van der Waals surface area contributed by atoms with Gasteiger partial charge in [-0.1, -0.05) is 19.3 Å². The first-order valence-electron chi connectivity index (χ1n) is 9.04. The summed E-state index contributed by atoms with van der Waals surface area (Å²) >= 11 is 0. The Balaban J connectivity index is 0.00000529. The van der Waals surface area contributed by atoms with Crippen molar-refractivity contribution in [2.45, 2.75) is 51.9 Å². The topological polar surface area (TPSA) is 74.8 Å². The fourth-order valence-corrected chi connectivity index (χ4v) is 2.85. The van der Waals surface area contributed by atoms with Crippen LogP contribution >= 0.6 is 24.0 Å². The van der Waals surface area contributed by atoms with Crippen LogP contribution in [0.5, 0.6) is 0 Å². The highest BCUT2D eigenvalue weighted by Gasteiger charge is 2.16. The Morgan fingerprint density at radius 1 is 1.12 bits per heavy atom. The van der Waals surface area contributed by atoms with Gasteiger partial charge in [0.1, 0.15) is 0 Å². The van der Waals surface area contributed by atoms with E-state index in [0.29, 0.717) is 25.4 Å². The highest BCUT2D eigenvalue weighted by atomic mass is 127. The van der Waals surface area contributed by atoms with Gasteiger partial charge in [0.25, 0.3) is 0 Å². The van der Waals surface area contributed by atoms with E-state index in [1.54, 1.807) is 7.11 Å². The van der Waals surface area contributed by atoms with E-state index in [-0.39, 0.29) is 29.9 Å². The summed E-state index contributed by atoms with van der Waals surface area (Å²) in [6, 6.07) is 0. The van der Waals surface area contributed by atoms with Crippen LogP contribution in [0.1, 0.15) is 51.9 Å². The molecule has 1 aliphatic carbocycles. The molecule has 0 saturated heterocycles. The van der Waals surface area contributed by atoms with Crippen molar-refractivity contribution in [3.63, 3.8) is 0 Å². The number of aliphatic imine (C=N–C) groups is 1. The molecule has 0 aliphatic heterocycles. The molecule has 1 saturated carbocycles. The van der Waals surface area contributed by atoms with E-state index >= 15 is 0 Å². The van der Waals surface area contributed by atoms with Crippen LogP contribution in [0.2, 0.25) is 0 Å². The second kappa shape index (κ2) is 15.9. The molecular formula is C17H35IN4O2. The van der Waals surface area contributed by atoms with Gasteiger partial charge in [-0.3, -0.25) is 9.79 Å². The minimum Gasteiger partial charge on any atom is -0.385 e. The maximum absolute atomic E-state index is 11.9. The van der Waals surface area contributed by atoms with Crippen molar-refractivity contribution in [3.8, 4) is 0 Å². The first-order valence-corrected chi connectivity index (χ1v) is 9.04. The van der Waals surface area contributed by atoms with Crippen molar-refractivity contribution in [2.75, 3.05) is 39.9 Å². The molecule has 3 N–H and O–H groups in total. The number of guanidine groups is 1. The first-order chi connectivity index (χ1) is 11.3. The Labute approximate surface area is 164 Å². The monoisotopic (exact) mass is 454 g/mol. The lowest BCUT2D eigenvalue weighted by Crippen LogP contribution is -2.41. The average molecular weight is 454 g/mol. The molecule has 0 aromatic carbocycles. The standard InChI is InChI=1S/C17H34N4O2.HI/c1-3-18-17(20-10-7-13-23-2)21-12-11-19-16(22)14-15-8-5-4-6-9-15;/h15H,3-14H2,1-2H3,(H,19,22)(H2,18,20,21);1H. The SMILES string of the molecule is CCNC(=NCCCOC)NCCNC(=O)CC1CCCCC1.I. The smallest absolute Gasteiger partial charge is 0.220 e. The number of methoxy groups -OCH3 is 1. The van der Waals surface area contributed by atoms with E-state index in [4.69, 9.17) is 4.74 Å². The summed E-state index contributed by atoms with van der Waals surface area (Å²) in [6.07, 6.45) is 7.92. The van der Waals surface area contributed by atoms with Gasteiger partial charge in [-0.2, -0.15) is 0 Å². The number of amides is 1. The van der Waals surface area contributed by atoms with E-state index in [1.165, 1.54) is 32.1 Å². The number of carbonyl (C=O) groups is 1. The molecule has 142 valence electrons. The number of nitrogens with zero attached hydrogens (tertiary/aromatic N) is 1. The molecule has 0 atom stereocenters. The lowest BCUT2D eigenvalue weighted by molar-refractivity contribution is -0.122. The molecule has 24 heavy (non-hydrogen) atoms. The molecule has 0 aromatic rings. The third kappa shape index (κ3) is 11.9. The largest absolute Gasteiger partial charge is 0.385 e. The summed E-state index contributed by atoms with van der Waals surface area (Å²) in [5.41, 5.74) is 0. The van der Waals surface area contributed by atoms with Crippen LogP contribution in [0.4, 0.5) is 0 Å². The second-order valence-corrected chi connectivity index (χ2v) is 6.09. The minimum absolute atomic E-state index is 0. The molecule has 0 heterocycles. The maximum atomic E-state index is 11.9. The van der Waals surface area contributed by atoms with Crippen LogP contribution in [0.25, 0.3) is 0 Å². The van der Waals surface area contributed by atoms with Gasteiger partial charge >= 0.3 is 0 Å². The van der Waals surface area contributed by atoms with E-state index in [0.717, 1.165) is 32.1 Å². The molecule has 0 unspecified atom stereocenters. The van der Waals surface area contributed by atoms with Crippen molar-refractivity contribution in [3.05, 3.63) is 0 Å². The number of nitrogens with one attached hydrogen (secondary N) is 3. The number of rotatable bonds is 10. The lowest BCUT2D eigenvalue weighted by Gasteiger charge is -2.20. The quantitative estimate of drug-likeness (QED) is 0.205. The fourth-order valence-electron chi connectivity index (χ4n) is 2.85. The average Bonchev–Trinajstić information content (AvgIpc) is 2.56. The predicted molar refractivity (Wildman–Crippen MR) is 110 cm³/mol. The van der Waals surface area contributed by atoms with Gasteiger partial charge in [-0.15, -0.1) is 24.0 Å². The molecule has 6 nitrogen and oxygen atoms in total. The van der Waals surface area contributed by atoms with Gasteiger partial charge in [-0.05, 0) is 32.1 Å². The van der Waals surface area contributed by atoms with Gasteiger partial charge in [0.05, 0.1) is 0 Å². The molecule has 1 fully saturated rings. The maximum Gasteiger partial charge on any atom is 0.220 e. The Kier molecular flexibility index (Phi) is 15.6. The Bertz CT molecular complexity index is 347. The van der Waals surface area contributed by atoms with Crippen molar-refractivity contribution < 1.29 is 9.53 Å². The molecule has 0 spiro atoms. The third-order valence-electron chi connectivity index (χ3n) is 4.06. The van der Waals surface area contributed by atoms with Gasteiger partial charge < -0.3 is 20.7 Å². The number of carbonyl (C=O) groups excluding carboxylic acids is 1. The van der Waals surface area contributed by atoms with Gasteiger partial charge in [0.2, 0.25) is 5.91 Å². The number of hydrogen-bond donors (Lipinski definition) is 3. The van der Waals surface area contributed by atoms with Crippen LogP contribution < -0.4 is 16.0 Å². The van der Waals surface area contributed by atoms with Crippen LogP contribution in [-0.4, -0.2) is 51.8 Å². The summed E-state index contributed by atoms with van der Waals surface area (Å²) in [4.78, 5) is 16.4. The summed E-state index contributed by atoms with van der Waals surface area (Å²) in [5, 5.41) is 9.44. The highest BCUT2D eigenvalue weighted by Crippen LogP contribution is 2.25. The lowest BCUT2D eigenvalue weighted by atomic mass is 9.87. The number of hydrogen-bond acceptors (Lipinski definition) is 3. The van der Waals surface area contributed by atoms with Crippen molar-refractivity contribution >= 4 is 35.8 Å². The molecule has 0 aromatic heterocycles. The second-order valence-electron chi connectivity index (χ2n) is 6.09. The molecule has 1 amide bonds. The van der Waals surface area contributed by atoms with Crippen molar-refractivity contribution in [1.29, 1.82) is 0 Å². The van der Waals surface area contributed by atoms with Gasteiger partial charge in [0.15, 0.2) is 5.96 Å². The summed E-state index contributed by atoms with van der Waals surface area (Å²) < 4.78 is 5.01. The highest BCUT2D eigenvalue weighted by molar-refractivity contribution is 14.0. The summed E-state index contributed by atoms with van der Waals surface area (Å²) in [5.74, 6) is 1.57. The zero-order valence-corrected chi connectivity index (χ0v) is 17.6. The summed E-state index contributed by atoms with van der Waals surface area (Å²) in [7, 11) is 1.70. The van der Waals surface area contributed by atoms with E-state index < -0.39 is 0 Å². The molecule has 0 radical (unpaired) electrons.